The first-order valence-electron chi connectivity index (χ1n) is 6.48. The summed E-state index contributed by atoms with van der Waals surface area (Å²) in [5, 5.41) is 0. The van der Waals surface area contributed by atoms with Crippen LogP contribution in [0.1, 0.15) is 25.7 Å². The molecule has 0 spiro atoms. The number of halogens is 1. The first kappa shape index (κ1) is 12.5. The van der Waals surface area contributed by atoms with Crippen molar-refractivity contribution in [3.05, 3.63) is 30.3 Å². The molecule has 1 aromatic rings. The fourth-order valence-electron chi connectivity index (χ4n) is 2.91. The van der Waals surface area contributed by atoms with Gasteiger partial charge in [-0.2, -0.15) is 0 Å². The fourth-order valence-corrected chi connectivity index (χ4v) is 5.20. The van der Waals surface area contributed by atoms with Crippen molar-refractivity contribution in [1.82, 2.24) is 0 Å². The van der Waals surface area contributed by atoms with Gasteiger partial charge in [0.2, 0.25) is 0 Å². The summed E-state index contributed by atoms with van der Waals surface area (Å²) in [6.07, 6.45) is 4.61. The molecule has 1 heterocycles. The van der Waals surface area contributed by atoms with Crippen molar-refractivity contribution in [2.75, 3.05) is 11.2 Å². The highest BCUT2D eigenvalue weighted by Crippen LogP contribution is 2.63. The Morgan fingerprint density at radius 3 is 2.72 bits per heavy atom. The van der Waals surface area contributed by atoms with Crippen molar-refractivity contribution in [2.24, 2.45) is 5.92 Å². The average Bonchev–Trinajstić information content (AvgIpc) is 2.38. The molecule has 98 valence electrons. The van der Waals surface area contributed by atoms with E-state index in [1.54, 1.807) is 4.67 Å². The SMILES string of the molecule is O=P1(Cl)OC2CCCCC2CN1c1ccccc1. The number of anilines is 1. The zero-order valence-corrected chi connectivity index (χ0v) is 11.8. The van der Waals surface area contributed by atoms with Gasteiger partial charge < -0.3 is 0 Å². The van der Waals surface area contributed by atoms with Crippen LogP contribution >= 0.6 is 18.1 Å². The molecule has 3 atom stereocenters. The highest BCUT2D eigenvalue weighted by Gasteiger charge is 2.43. The van der Waals surface area contributed by atoms with Crippen LogP contribution in [0.2, 0.25) is 0 Å². The van der Waals surface area contributed by atoms with Crippen molar-refractivity contribution in [2.45, 2.75) is 31.8 Å². The summed E-state index contributed by atoms with van der Waals surface area (Å²) in [5.74, 6) is 0.458. The lowest BCUT2D eigenvalue weighted by molar-refractivity contribution is 0.0883. The first-order chi connectivity index (χ1) is 8.67. The highest BCUT2D eigenvalue weighted by molar-refractivity contribution is 7.86. The molecule has 1 saturated heterocycles. The largest absolute Gasteiger partial charge is 0.388 e. The van der Waals surface area contributed by atoms with Gasteiger partial charge >= 0.3 is 6.87 Å². The predicted octanol–water partition coefficient (Wildman–Crippen LogP) is 4.43. The van der Waals surface area contributed by atoms with E-state index >= 15 is 0 Å². The van der Waals surface area contributed by atoms with Crippen molar-refractivity contribution in [1.29, 1.82) is 0 Å². The Balaban J connectivity index is 1.88. The van der Waals surface area contributed by atoms with E-state index in [1.807, 2.05) is 30.3 Å². The summed E-state index contributed by atoms with van der Waals surface area (Å²) >= 11 is 6.15. The Labute approximate surface area is 112 Å². The Bertz CT molecular complexity index is 467. The van der Waals surface area contributed by atoms with Gasteiger partial charge in [-0.1, -0.05) is 31.0 Å². The normalized spacial score (nSPS) is 36.2. The summed E-state index contributed by atoms with van der Waals surface area (Å²) in [6.45, 7) is -2.46. The minimum atomic E-state index is -3.20. The first-order valence-corrected chi connectivity index (χ1v) is 8.96. The Hall–Kier alpha value is -0.500. The average molecular weight is 286 g/mol. The quantitative estimate of drug-likeness (QED) is 0.715. The molecule has 3 nitrogen and oxygen atoms in total. The fraction of sp³-hybridized carbons (Fsp3) is 0.538. The van der Waals surface area contributed by atoms with Crippen LogP contribution in [0.4, 0.5) is 5.69 Å². The summed E-state index contributed by atoms with van der Waals surface area (Å²) in [7, 11) is 0. The number of benzene rings is 1. The van der Waals surface area contributed by atoms with E-state index in [9.17, 15) is 4.57 Å². The van der Waals surface area contributed by atoms with Crippen LogP contribution in [0.3, 0.4) is 0 Å². The lowest BCUT2D eigenvalue weighted by Gasteiger charge is -2.43. The molecule has 1 aromatic carbocycles. The van der Waals surface area contributed by atoms with Gasteiger partial charge in [0, 0.05) is 18.2 Å². The van der Waals surface area contributed by atoms with Crippen LogP contribution < -0.4 is 4.67 Å². The van der Waals surface area contributed by atoms with Crippen LogP contribution in [0.5, 0.6) is 0 Å². The molecule has 2 aliphatic rings. The number of nitrogens with zero attached hydrogens (tertiary/aromatic N) is 1. The summed E-state index contributed by atoms with van der Waals surface area (Å²) in [5.41, 5.74) is 0.889. The van der Waals surface area contributed by atoms with Gasteiger partial charge in [0.15, 0.2) is 0 Å². The van der Waals surface area contributed by atoms with E-state index in [-0.39, 0.29) is 6.10 Å². The molecule has 3 unspecified atom stereocenters. The monoisotopic (exact) mass is 285 g/mol. The third-order valence-corrected chi connectivity index (χ3v) is 6.14. The van der Waals surface area contributed by atoms with Crippen LogP contribution in [0.15, 0.2) is 30.3 Å². The second kappa shape index (κ2) is 4.88. The zero-order valence-electron chi connectivity index (χ0n) is 10.2. The van der Waals surface area contributed by atoms with Crippen molar-refractivity contribution >= 4 is 23.8 Å². The molecule has 0 N–H and O–H groups in total. The molecular formula is C13H17ClNO2P. The van der Waals surface area contributed by atoms with E-state index in [1.165, 1.54) is 6.42 Å². The molecule has 18 heavy (non-hydrogen) atoms. The Morgan fingerprint density at radius 2 is 1.94 bits per heavy atom. The Morgan fingerprint density at radius 1 is 1.22 bits per heavy atom. The van der Waals surface area contributed by atoms with Gasteiger partial charge in [0.1, 0.15) is 0 Å². The zero-order chi connectivity index (χ0) is 12.6. The Kier molecular flexibility index (Phi) is 3.40. The number of hydrogen-bond acceptors (Lipinski definition) is 2. The standard InChI is InChI=1S/C13H17ClNO2P/c14-18(16)15(12-7-2-1-3-8-12)10-11-6-4-5-9-13(11)17-18/h1-3,7-8,11,13H,4-6,9-10H2. The molecule has 0 aromatic heterocycles. The molecule has 2 fully saturated rings. The van der Waals surface area contributed by atoms with Gasteiger partial charge in [0.05, 0.1) is 6.10 Å². The molecule has 0 amide bonds. The molecule has 1 aliphatic carbocycles. The van der Waals surface area contributed by atoms with Crippen molar-refractivity contribution in [3.8, 4) is 0 Å². The van der Waals surface area contributed by atoms with E-state index in [0.29, 0.717) is 5.92 Å². The number of rotatable bonds is 1. The lowest BCUT2D eigenvalue weighted by atomic mass is 9.86. The third-order valence-electron chi connectivity index (χ3n) is 3.85. The summed E-state index contributed by atoms with van der Waals surface area (Å²) in [4.78, 5) is 0. The number of fused-ring (bicyclic) bond motifs is 1. The third kappa shape index (κ3) is 2.32. The van der Waals surface area contributed by atoms with E-state index in [0.717, 1.165) is 31.5 Å². The van der Waals surface area contributed by atoms with Crippen LogP contribution in [0.25, 0.3) is 0 Å². The van der Waals surface area contributed by atoms with Gasteiger partial charge in [-0.3, -0.25) is 9.19 Å². The minimum absolute atomic E-state index is 0.0852. The maximum atomic E-state index is 12.5. The molecule has 1 aliphatic heterocycles. The van der Waals surface area contributed by atoms with Gasteiger partial charge in [0.25, 0.3) is 0 Å². The second-order valence-electron chi connectivity index (χ2n) is 5.06. The highest BCUT2D eigenvalue weighted by atomic mass is 35.7. The lowest BCUT2D eigenvalue weighted by Crippen LogP contribution is -2.41. The molecule has 0 bridgehead atoms. The molecule has 5 heteroatoms. The van der Waals surface area contributed by atoms with Gasteiger partial charge in [-0.15, -0.1) is 0 Å². The van der Waals surface area contributed by atoms with Crippen molar-refractivity contribution in [3.63, 3.8) is 0 Å². The van der Waals surface area contributed by atoms with E-state index in [4.69, 9.17) is 15.8 Å². The van der Waals surface area contributed by atoms with E-state index < -0.39 is 6.87 Å². The van der Waals surface area contributed by atoms with Gasteiger partial charge in [-0.25, -0.2) is 4.57 Å². The number of hydrogen-bond donors (Lipinski definition) is 0. The maximum absolute atomic E-state index is 12.5. The number of para-hydroxylation sites is 1. The summed E-state index contributed by atoms with van der Waals surface area (Å²) in [6, 6.07) is 9.67. The van der Waals surface area contributed by atoms with Crippen LogP contribution in [-0.2, 0) is 9.09 Å². The second-order valence-corrected chi connectivity index (χ2v) is 7.94. The van der Waals surface area contributed by atoms with Crippen LogP contribution in [0, 0.1) is 5.92 Å². The van der Waals surface area contributed by atoms with Crippen LogP contribution in [-0.4, -0.2) is 12.6 Å². The molecule has 3 rings (SSSR count). The molecular weight excluding hydrogens is 269 g/mol. The van der Waals surface area contributed by atoms with E-state index in [2.05, 4.69) is 0 Å². The predicted molar refractivity (Wildman–Crippen MR) is 74.1 cm³/mol. The maximum Gasteiger partial charge on any atom is 0.388 e. The van der Waals surface area contributed by atoms with Gasteiger partial charge in [-0.05, 0) is 36.2 Å². The smallest absolute Gasteiger partial charge is 0.298 e. The van der Waals surface area contributed by atoms with Crippen molar-refractivity contribution < 1.29 is 9.09 Å². The minimum Gasteiger partial charge on any atom is -0.298 e. The molecule has 1 saturated carbocycles. The topological polar surface area (TPSA) is 29.5 Å². The molecule has 0 radical (unpaired) electrons. The summed E-state index contributed by atoms with van der Waals surface area (Å²) < 4.78 is 19.9.